The van der Waals surface area contributed by atoms with Crippen LogP contribution in [-0.4, -0.2) is 43.1 Å². The first-order valence-corrected chi connectivity index (χ1v) is 12.8. The molecule has 1 heterocycles. The molecule has 3 aromatic carbocycles. The van der Waals surface area contributed by atoms with E-state index in [1.54, 1.807) is 0 Å². The molecule has 6 heteroatoms. The van der Waals surface area contributed by atoms with Gasteiger partial charge in [0.15, 0.2) is 0 Å². The van der Waals surface area contributed by atoms with Crippen LogP contribution in [0.1, 0.15) is 53.6 Å². The molecule has 3 aromatic rings. The lowest BCUT2D eigenvalue weighted by Crippen LogP contribution is -2.41. The third-order valence-corrected chi connectivity index (χ3v) is 6.52. The molecule has 0 bridgehead atoms. The summed E-state index contributed by atoms with van der Waals surface area (Å²) in [5, 5.41) is 6.03. The van der Waals surface area contributed by atoms with E-state index in [4.69, 9.17) is 4.74 Å². The molecule has 36 heavy (non-hydrogen) atoms. The first kappa shape index (κ1) is 25.3. The van der Waals surface area contributed by atoms with Crippen LogP contribution >= 0.6 is 0 Å². The number of ether oxygens (including phenoxy) is 1. The van der Waals surface area contributed by atoms with Gasteiger partial charge >= 0.3 is 6.03 Å². The van der Waals surface area contributed by atoms with E-state index in [-0.39, 0.29) is 17.9 Å². The molecule has 0 radical (unpaired) electrons. The van der Waals surface area contributed by atoms with Crippen LogP contribution in [0.3, 0.4) is 0 Å². The van der Waals surface area contributed by atoms with Gasteiger partial charge in [0, 0.05) is 36.8 Å². The van der Waals surface area contributed by atoms with Gasteiger partial charge in [-0.15, -0.1) is 0 Å². The summed E-state index contributed by atoms with van der Waals surface area (Å²) in [4.78, 5) is 27.5. The number of carbonyl (C=O) groups excluding carboxylic acids is 2. The number of urea groups is 1. The normalized spacial score (nSPS) is 15.2. The Labute approximate surface area is 213 Å². The van der Waals surface area contributed by atoms with Crippen molar-refractivity contribution in [2.24, 2.45) is 0 Å². The highest BCUT2D eigenvalue weighted by atomic mass is 16.5. The van der Waals surface area contributed by atoms with Gasteiger partial charge in [0.25, 0.3) is 5.91 Å². The van der Waals surface area contributed by atoms with E-state index in [1.165, 1.54) is 5.56 Å². The fraction of sp³-hybridized carbons (Fsp3) is 0.333. The van der Waals surface area contributed by atoms with E-state index >= 15 is 0 Å². The van der Waals surface area contributed by atoms with Crippen molar-refractivity contribution in [3.8, 4) is 5.75 Å². The summed E-state index contributed by atoms with van der Waals surface area (Å²) in [5.41, 5.74) is 3.80. The standard InChI is InChI=1S/C30H35N3O3/c1-2-36-28-17-15-27(16-18-28)32-30(35)33-20-8-14-26(22-33)24-12-6-13-25(21-24)29(34)31-19-7-11-23-9-4-3-5-10-23/h3-6,9-10,12-13,15-18,21,26H,2,7-8,11,14,19-20,22H2,1H3,(H,31,34)(H,32,35). The maximum atomic E-state index is 12.9. The number of hydrogen-bond acceptors (Lipinski definition) is 3. The van der Waals surface area contributed by atoms with Crippen molar-refractivity contribution in [1.29, 1.82) is 0 Å². The Morgan fingerprint density at radius 1 is 1.00 bits per heavy atom. The Morgan fingerprint density at radius 3 is 2.58 bits per heavy atom. The molecule has 0 spiro atoms. The number of rotatable bonds is 9. The Balaban J connectivity index is 1.29. The molecule has 1 atom stereocenters. The number of amides is 3. The number of carbonyl (C=O) groups is 2. The van der Waals surface area contributed by atoms with Gasteiger partial charge in [-0.3, -0.25) is 4.79 Å². The molecule has 1 unspecified atom stereocenters. The second kappa shape index (κ2) is 12.8. The number of hydrogen-bond donors (Lipinski definition) is 2. The van der Waals surface area contributed by atoms with Crippen molar-refractivity contribution in [2.75, 3.05) is 31.6 Å². The Hall–Kier alpha value is -3.80. The molecular formula is C30H35N3O3. The molecule has 0 aromatic heterocycles. The van der Waals surface area contributed by atoms with Gasteiger partial charge in [-0.05, 0) is 80.1 Å². The number of nitrogens with zero attached hydrogens (tertiary/aromatic N) is 1. The minimum absolute atomic E-state index is 0.0502. The third-order valence-electron chi connectivity index (χ3n) is 6.52. The van der Waals surface area contributed by atoms with Gasteiger partial charge in [0.1, 0.15) is 5.75 Å². The molecule has 188 valence electrons. The van der Waals surface area contributed by atoms with Crippen molar-refractivity contribution >= 4 is 17.6 Å². The van der Waals surface area contributed by atoms with Crippen LogP contribution in [0.2, 0.25) is 0 Å². The number of anilines is 1. The first-order chi connectivity index (χ1) is 17.6. The molecule has 2 N–H and O–H groups in total. The lowest BCUT2D eigenvalue weighted by molar-refractivity contribution is 0.0953. The van der Waals surface area contributed by atoms with Crippen molar-refractivity contribution in [3.05, 3.63) is 95.6 Å². The minimum atomic E-state index is -0.101. The highest BCUT2D eigenvalue weighted by Crippen LogP contribution is 2.28. The summed E-state index contributed by atoms with van der Waals surface area (Å²) < 4.78 is 5.47. The van der Waals surface area contributed by atoms with Crippen LogP contribution in [0.15, 0.2) is 78.9 Å². The second-order valence-electron chi connectivity index (χ2n) is 9.14. The van der Waals surface area contributed by atoms with Crippen molar-refractivity contribution in [3.63, 3.8) is 0 Å². The summed E-state index contributed by atoms with van der Waals surface area (Å²) >= 11 is 0. The summed E-state index contributed by atoms with van der Waals surface area (Å²) in [7, 11) is 0. The molecular weight excluding hydrogens is 450 g/mol. The van der Waals surface area contributed by atoms with Gasteiger partial charge < -0.3 is 20.3 Å². The van der Waals surface area contributed by atoms with Gasteiger partial charge in [-0.2, -0.15) is 0 Å². The zero-order valence-electron chi connectivity index (χ0n) is 20.9. The SMILES string of the molecule is CCOc1ccc(NC(=O)N2CCCC(c3cccc(C(=O)NCCCc4ccccc4)c3)C2)cc1. The monoisotopic (exact) mass is 485 g/mol. The zero-order chi connectivity index (χ0) is 25.2. The van der Waals surface area contributed by atoms with Crippen molar-refractivity contribution < 1.29 is 14.3 Å². The number of likely N-dealkylation sites (tertiary alicyclic amines) is 1. The van der Waals surface area contributed by atoms with Crippen molar-refractivity contribution in [1.82, 2.24) is 10.2 Å². The highest BCUT2D eigenvalue weighted by Gasteiger charge is 2.25. The van der Waals surface area contributed by atoms with E-state index in [9.17, 15) is 9.59 Å². The highest BCUT2D eigenvalue weighted by molar-refractivity contribution is 5.94. The van der Waals surface area contributed by atoms with Gasteiger partial charge in [-0.1, -0.05) is 42.5 Å². The van der Waals surface area contributed by atoms with Crippen LogP contribution in [0, 0.1) is 0 Å². The number of nitrogens with one attached hydrogen (secondary N) is 2. The Morgan fingerprint density at radius 2 is 1.81 bits per heavy atom. The predicted octanol–water partition coefficient (Wildman–Crippen LogP) is 5.86. The van der Waals surface area contributed by atoms with Crippen LogP contribution in [-0.2, 0) is 6.42 Å². The summed E-state index contributed by atoms with van der Waals surface area (Å²) in [6, 6.07) is 25.5. The molecule has 0 saturated carbocycles. The molecule has 1 aliphatic rings. The fourth-order valence-electron chi connectivity index (χ4n) is 4.61. The van der Waals surface area contributed by atoms with Crippen molar-refractivity contribution in [2.45, 2.75) is 38.5 Å². The molecule has 6 nitrogen and oxygen atoms in total. The number of aryl methyl sites for hydroxylation is 1. The minimum Gasteiger partial charge on any atom is -0.494 e. The Bertz CT molecular complexity index is 1130. The summed E-state index contributed by atoms with van der Waals surface area (Å²) in [6.45, 7) is 4.54. The van der Waals surface area contributed by atoms with Gasteiger partial charge in [0.05, 0.1) is 6.61 Å². The van der Waals surface area contributed by atoms with Crippen LogP contribution in [0.25, 0.3) is 0 Å². The predicted molar refractivity (Wildman–Crippen MR) is 144 cm³/mol. The molecule has 3 amide bonds. The second-order valence-corrected chi connectivity index (χ2v) is 9.14. The average Bonchev–Trinajstić information content (AvgIpc) is 2.93. The maximum Gasteiger partial charge on any atom is 0.321 e. The van der Waals surface area contributed by atoms with Crippen LogP contribution in [0.5, 0.6) is 5.75 Å². The number of benzene rings is 3. The van der Waals surface area contributed by atoms with Crippen LogP contribution < -0.4 is 15.4 Å². The number of piperidine rings is 1. The third kappa shape index (κ3) is 7.11. The quantitative estimate of drug-likeness (QED) is 0.373. The van der Waals surface area contributed by atoms with E-state index < -0.39 is 0 Å². The zero-order valence-corrected chi connectivity index (χ0v) is 20.9. The summed E-state index contributed by atoms with van der Waals surface area (Å²) in [6.07, 6.45) is 3.76. The van der Waals surface area contributed by atoms with Crippen LogP contribution in [0.4, 0.5) is 10.5 Å². The Kier molecular flexibility index (Phi) is 8.98. The smallest absolute Gasteiger partial charge is 0.321 e. The summed E-state index contributed by atoms with van der Waals surface area (Å²) in [5.74, 6) is 0.940. The molecule has 4 rings (SSSR count). The molecule has 1 saturated heterocycles. The molecule has 0 aliphatic carbocycles. The molecule has 1 fully saturated rings. The van der Waals surface area contributed by atoms with E-state index in [0.29, 0.717) is 25.3 Å². The maximum absolute atomic E-state index is 12.9. The fourth-order valence-corrected chi connectivity index (χ4v) is 4.61. The van der Waals surface area contributed by atoms with E-state index in [0.717, 1.165) is 49.2 Å². The van der Waals surface area contributed by atoms with E-state index in [2.05, 4.69) is 28.8 Å². The van der Waals surface area contributed by atoms with E-state index in [1.807, 2.05) is 72.5 Å². The lowest BCUT2D eigenvalue weighted by atomic mass is 9.89. The lowest BCUT2D eigenvalue weighted by Gasteiger charge is -2.33. The topological polar surface area (TPSA) is 70.7 Å². The largest absolute Gasteiger partial charge is 0.494 e. The van der Waals surface area contributed by atoms with Gasteiger partial charge in [-0.25, -0.2) is 4.79 Å². The molecule has 1 aliphatic heterocycles. The first-order valence-electron chi connectivity index (χ1n) is 12.8. The average molecular weight is 486 g/mol. The van der Waals surface area contributed by atoms with Gasteiger partial charge in [0.2, 0.25) is 0 Å².